The largest absolute Gasteiger partial charge is 0.493 e. The smallest absolute Gasteiger partial charge is 0.343 e. The fourth-order valence-corrected chi connectivity index (χ4v) is 7.89. The first-order chi connectivity index (χ1) is 20.1. The first-order valence-corrected chi connectivity index (χ1v) is 14.6. The van der Waals surface area contributed by atoms with E-state index in [4.69, 9.17) is 18.9 Å². The van der Waals surface area contributed by atoms with Gasteiger partial charge in [-0.3, -0.25) is 14.5 Å². The normalized spacial score (nSPS) is 21.9. The molecule has 42 heavy (non-hydrogen) atoms. The van der Waals surface area contributed by atoms with Crippen LogP contribution >= 0.6 is 11.8 Å². The molecule has 3 aromatic rings. The maximum absolute atomic E-state index is 14.6. The van der Waals surface area contributed by atoms with Crippen LogP contribution in [0.1, 0.15) is 54.6 Å². The standard InChI is InChI=1S/C32H32N2O7S/c1-18-16-31(2,3)34-27-22(18)14-21(41-29(36)19-12-24(38-4)28(40-6)25(13-19)39-5)15-23(27)32(30(34)37)33(26(35)17-42-32)20-10-8-7-9-11-20/h7-15,18H,16-17H2,1-6H3/t18-,32-/m1/s1. The van der Waals surface area contributed by atoms with Crippen molar-refractivity contribution >= 4 is 40.9 Å². The van der Waals surface area contributed by atoms with Crippen molar-refractivity contribution < 1.29 is 33.3 Å². The van der Waals surface area contributed by atoms with Gasteiger partial charge >= 0.3 is 5.97 Å². The Bertz CT molecular complexity index is 1600. The molecule has 9 nitrogen and oxygen atoms in total. The van der Waals surface area contributed by atoms with Gasteiger partial charge < -0.3 is 23.8 Å². The van der Waals surface area contributed by atoms with Gasteiger partial charge in [0.05, 0.1) is 38.3 Å². The highest BCUT2D eigenvalue weighted by atomic mass is 32.2. The van der Waals surface area contributed by atoms with Gasteiger partial charge in [-0.2, -0.15) is 0 Å². The Hall–Kier alpha value is -4.18. The van der Waals surface area contributed by atoms with Crippen LogP contribution in [0.15, 0.2) is 54.6 Å². The third-order valence-corrected chi connectivity index (χ3v) is 9.62. The van der Waals surface area contributed by atoms with E-state index in [1.807, 2.05) is 41.3 Å². The van der Waals surface area contributed by atoms with Gasteiger partial charge in [0, 0.05) is 16.8 Å². The third-order valence-electron chi connectivity index (χ3n) is 8.23. The molecule has 0 bridgehead atoms. The predicted molar refractivity (Wildman–Crippen MR) is 160 cm³/mol. The van der Waals surface area contributed by atoms with Crippen LogP contribution in [0.3, 0.4) is 0 Å². The molecule has 0 aliphatic carbocycles. The molecular formula is C32H32N2O7S. The number of anilines is 2. The molecule has 1 saturated heterocycles. The van der Waals surface area contributed by atoms with Crippen molar-refractivity contribution in [2.24, 2.45) is 0 Å². The number of benzene rings is 3. The van der Waals surface area contributed by atoms with Gasteiger partial charge in [-0.1, -0.05) is 25.1 Å². The minimum absolute atomic E-state index is 0.0695. The molecule has 2 amide bonds. The van der Waals surface area contributed by atoms with Gasteiger partial charge in [0.1, 0.15) is 5.75 Å². The molecule has 3 heterocycles. The number of hydrogen-bond donors (Lipinski definition) is 0. The molecule has 218 valence electrons. The van der Waals surface area contributed by atoms with Crippen molar-refractivity contribution in [3.8, 4) is 23.0 Å². The van der Waals surface area contributed by atoms with E-state index >= 15 is 0 Å². The maximum Gasteiger partial charge on any atom is 0.343 e. The summed E-state index contributed by atoms with van der Waals surface area (Å²) in [6, 6.07) is 15.9. The Labute approximate surface area is 248 Å². The van der Waals surface area contributed by atoms with E-state index < -0.39 is 16.4 Å². The Morgan fingerprint density at radius 3 is 2.21 bits per heavy atom. The second kappa shape index (κ2) is 9.97. The average Bonchev–Trinajstić information content (AvgIpc) is 3.45. The highest BCUT2D eigenvalue weighted by molar-refractivity contribution is 8.02. The quantitative estimate of drug-likeness (QED) is 0.275. The number of carbonyl (C=O) groups is 3. The number of carbonyl (C=O) groups excluding carboxylic acids is 3. The lowest BCUT2D eigenvalue weighted by molar-refractivity contribution is -0.124. The Morgan fingerprint density at radius 1 is 0.929 bits per heavy atom. The van der Waals surface area contributed by atoms with E-state index in [1.165, 1.54) is 45.2 Å². The monoisotopic (exact) mass is 588 g/mol. The van der Waals surface area contributed by atoms with E-state index in [0.717, 1.165) is 11.3 Å². The number of fused-ring (bicyclic) bond motifs is 1. The van der Waals surface area contributed by atoms with Crippen molar-refractivity contribution in [1.29, 1.82) is 0 Å². The van der Waals surface area contributed by atoms with Crippen molar-refractivity contribution in [2.45, 2.75) is 43.5 Å². The molecule has 0 N–H and O–H groups in total. The van der Waals surface area contributed by atoms with E-state index in [9.17, 15) is 14.4 Å². The molecule has 0 unspecified atom stereocenters. The number of thioether (sulfide) groups is 1. The molecule has 3 aliphatic heterocycles. The van der Waals surface area contributed by atoms with E-state index in [0.29, 0.717) is 34.9 Å². The van der Waals surface area contributed by atoms with Crippen LogP contribution in [0.25, 0.3) is 0 Å². The number of methoxy groups -OCH3 is 3. The zero-order valence-electron chi connectivity index (χ0n) is 24.3. The summed E-state index contributed by atoms with van der Waals surface area (Å²) in [5, 5.41) is 0. The minimum atomic E-state index is -1.32. The molecule has 1 spiro atoms. The van der Waals surface area contributed by atoms with Crippen LogP contribution in [0.5, 0.6) is 23.0 Å². The van der Waals surface area contributed by atoms with Crippen LogP contribution < -0.4 is 28.7 Å². The van der Waals surface area contributed by atoms with Crippen LogP contribution in [0, 0.1) is 0 Å². The summed E-state index contributed by atoms with van der Waals surface area (Å²) in [4.78, 5) is 43.7. The number of rotatable bonds is 6. The number of esters is 1. The summed E-state index contributed by atoms with van der Waals surface area (Å²) in [5.41, 5.74) is 2.70. The summed E-state index contributed by atoms with van der Waals surface area (Å²) in [6.45, 7) is 6.22. The van der Waals surface area contributed by atoms with Crippen LogP contribution in [0.4, 0.5) is 11.4 Å². The summed E-state index contributed by atoms with van der Waals surface area (Å²) in [5.74, 6) is 0.564. The summed E-state index contributed by atoms with van der Waals surface area (Å²) in [7, 11) is 4.44. The number of hydrogen-bond acceptors (Lipinski definition) is 8. The molecule has 2 atom stereocenters. The van der Waals surface area contributed by atoms with E-state index in [-0.39, 0.29) is 34.8 Å². The van der Waals surface area contributed by atoms with Gasteiger partial charge in [0.2, 0.25) is 16.5 Å². The highest BCUT2D eigenvalue weighted by Gasteiger charge is 2.64. The van der Waals surface area contributed by atoms with Crippen LogP contribution in [0.2, 0.25) is 0 Å². The topological polar surface area (TPSA) is 94.6 Å². The van der Waals surface area contributed by atoms with Gasteiger partial charge in [-0.05, 0) is 68.1 Å². The zero-order valence-corrected chi connectivity index (χ0v) is 25.2. The van der Waals surface area contributed by atoms with Gasteiger partial charge in [-0.25, -0.2) is 4.79 Å². The zero-order chi connectivity index (χ0) is 30.0. The fraction of sp³-hybridized carbons (Fsp3) is 0.344. The first-order valence-electron chi connectivity index (χ1n) is 13.6. The molecule has 1 fully saturated rings. The Balaban J connectivity index is 1.50. The van der Waals surface area contributed by atoms with Crippen molar-refractivity contribution in [2.75, 3.05) is 36.9 Å². The van der Waals surface area contributed by atoms with Crippen molar-refractivity contribution in [1.82, 2.24) is 0 Å². The second-order valence-corrected chi connectivity index (χ2v) is 12.4. The number of nitrogens with zero attached hydrogens (tertiary/aromatic N) is 2. The summed E-state index contributed by atoms with van der Waals surface area (Å²) < 4.78 is 22.2. The Kier molecular flexibility index (Phi) is 6.64. The lowest BCUT2D eigenvalue weighted by Crippen LogP contribution is -2.56. The molecule has 3 aliphatic rings. The predicted octanol–water partition coefficient (Wildman–Crippen LogP) is 5.50. The lowest BCUT2D eigenvalue weighted by Gasteiger charge is -2.44. The van der Waals surface area contributed by atoms with E-state index in [2.05, 4.69) is 20.8 Å². The molecule has 0 aromatic heterocycles. The Morgan fingerprint density at radius 2 is 1.60 bits per heavy atom. The van der Waals surface area contributed by atoms with Crippen molar-refractivity contribution in [3.63, 3.8) is 0 Å². The third kappa shape index (κ3) is 3.95. The molecule has 0 saturated carbocycles. The van der Waals surface area contributed by atoms with Gasteiger partial charge in [0.25, 0.3) is 5.91 Å². The molecule has 3 aromatic carbocycles. The van der Waals surface area contributed by atoms with Gasteiger partial charge in [-0.15, -0.1) is 11.8 Å². The highest BCUT2D eigenvalue weighted by Crippen LogP contribution is 2.62. The summed E-state index contributed by atoms with van der Waals surface area (Å²) >= 11 is 1.31. The fourth-order valence-electron chi connectivity index (χ4n) is 6.56. The van der Waals surface area contributed by atoms with Gasteiger partial charge in [0.15, 0.2) is 11.5 Å². The lowest BCUT2D eigenvalue weighted by atomic mass is 9.80. The maximum atomic E-state index is 14.6. The number of ether oxygens (including phenoxy) is 4. The molecular weight excluding hydrogens is 556 g/mol. The average molecular weight is 589 g/mol. The minimum Gasteiger partial charge on any atom is -0.493 e. The molecule has 10 heteroatoms. The van der Waals surface area contributed by atoms with Crippen LogP contribution in [-0.2, 0) is 14.5 Å². The number of amides is 2. The van der Waals surface area contributed by atoms with Crippen molar-refractivity contribution in [3.05, 3.63) is 71.3 Å². The second-order valence-electron chi connectivity index (χ2n) is 11.3. The number of para-hydroxylation sites is 1. The molecule has 0 radical (unpaired) electrons. The van der Waals surface area contributed by atoms with Crippen LogP contribution in [-0.4, -0.2) is 50.4 Å². The molecule has 6 rings (SSSR count). The SMILES string of the molecule is COc1cc(C(=O)Oc2cc3c4c(c2)[C@@]2(SCC(=O)N2c2ccccc2)C(=O)N4C(C)(C)C[C@H]3C)cc(OC)c1OC. The van der Waals surface area contributed by atoms with E-state index in [1.54, 1.807) is 11.0 Å². The summed E-state index contributed by atoms with van der Waals surface area (Å²) in [6.07, 6.45) is 0.704. The first kappa shape index (κ1) is 28.0.